The van der Waals surface area contributed by atoms with E-state index in [4.69, 9.17) is 4.74 Å². The monoisotopic (exact) mass is 277 g/mol. The van der Waals surface area contributed by atoms with Crippen LogP contribution in [0.2, 0.25) is 0 Å². The smallest absolute Gasteiger partial charge is 0.123 e. The van der Waals surface area contributed by atoms with E-state index in [0.717, 1.165) is 5.75 Å². The third-order valence-corrected chi connectivity index (χ3v) is 3.88. The molecule has 0 radical (unpaired) electrons. The summed E-state index contributed by atoms with van der Waals surface area (Å²) in [4.78, 5) is 0. The van der Waals surface area contributed by atoms with Gasteiger partial charge in [-0.3, -0.25) is 0 Å². The van der Waals surface area contributed by atoms with Crippen molar-refractivity contribution in [2.45, 2.75) is 71.4 Å². The van der Waals surface area contributed by atoms with Gasteiger partial charge >= 0.3 is 0 Å². The molecule has 0 aliphatic carbocycles. The van der Waals surface area contributed by atoms with E-state index in [-0.39, 0.29) is 0 Å². The number of methoxy groups -OCH3 is 1. The minimum absolute atomic E-state index is 0.330. The Morgan fingerprint density at radius 1 is 1.05 bits per heavy atom. The van der Waals surface area contributed by atoms with Crippen molar-refractivity contribution in [3.05, 3.63) is 29.8 Å². The number of unbranched alkanes of at least 4 members (excludes halogenated alkanes) is 4. The fraction of sp³-hybridized carbons (Fsp3) is 0.667. The van der Waals surface area contributed by atoms with E-state index in [1.54, 1.807) is 7.11 Å². The molecular weight excluding hydrogens is 246 g/mol. The number of nitrogens with one attached hydrogen (secondary N) is 1. The van der Waals surface area contributed by atoms with Gasteiger partial charge in [-0.2, -0.15) is 0 Å². The Balaban J connectivity index is 2.35. The Morgan fingerprint density at radius 2 is 1.75 bits per heavy atom. The highest BCUT2D eigenvalue weighted by molar-refractivity contribution is 5.35. The summed E-state index contributed by atoms with van der Waals surface area (Å²) in [5, 5.41) is 3.68. The van der Waals surface area contributed by atoms with Crippen LogP contribution < -0.4 is 10.1 Å². The second-order valence-corrected chi connectivity index (χ2v) is 5.73. The molecule has 0 aliphatic rings. The first-order chi connectivity index (χ1) is 9.69. The number of para-hydroxylation sites is 1. The van der Waals surface area contributed by atoms with Crippen LogP contribution in [0.1, 0.15) is 70.9 Å². The average Bonchev–Trinajstić information content (AvgIpc) is 2.46. The maximum Gasteiger partial charge on any atom is 0.123 e. The van der Waals surface area contributed by atoms with Gasteiger partial charge in [-0.15, -0.1) is 0 Å². The fourth-order valence-corrected chi connectivity index (χ4v) is 2.68. The van der Waals surface area contributed by atoms with Crippen LogP contribution in [0, 0.1) is 0 Å². The van der Waals surface area contributed by atoms with Crippen LogP contribution in [-0.2, 0) is 0 Å². The van der Waals surface area contributed by atoms with Crippen LogP contribution in [0.25, 0.3) is 0 Å². The van der Waals surface area contributed by atoms with Gasteiger partial charge in [0.15, 0.2) is 0 Å². The zero-order chi connectivity index (χ0) is 14.8. The van der Waals surface area contributed by atoms with Gasteiger partial charge in [0.1, 0.15) is 5.75 Å². The van der Waals surface area contributed by atoms with Crippen LogP contribution in [0.15, 0.2) is 24.3 Å². The minimum atomic E-state index is 0.330. The lowest BCUT2D eigenvalue weighted by atomic mass is 10.0. The molecule has 1 unspecified atom stereocenters. The van der Waals surface area contributed by atoms with Crippen LogP contribution >= 0.6 is 0 Å². The SMILES string of the molecule is CCCCCCCC(C)N[C@H](C)c1ccccc1OC. The molecule has 20 heavy (non-hydrogen) atoms. The highest BCUT2D eigenvalue weighted by atomic mass is 16.5. The first-order valence-electron chi connectivity index (χ1n) is 8.08. The first-order valence-corrected chi connectivity index (χ1v) is 8.08. The van der Waals surface area contributed by atoms with Crippen molar-refractivity contribution in [3.8, 4) is 5.75 Å². The second-order valence-electron chi connectivity index (χ2n) is 5.73. The van der Waals surface area contributed by atoms with E-state index in [0.29, 0.717) is 12.1 Å². The Labute approximate surface area is 124 Å². The molecule has 0 heterocycles. The summed E-state index contributed by atoms with van der Waals surface area (Å²) in [5.74, 6) is 0.975. The Bertz CT molecular complexity index is 364. The molecule has 1 aromatic rings. The van der Waals surface area contributed by atoms with Crippen LogP contribution in [-0.4, -0.2) is 13.2 Å². The third kappa shape index (κ3) is 5.96. The van der Waals surface area contributed by atoms with Crippen molar-refractivity contribution in [2.75, 3.05) is 7.11 Å². The van der Waals surface area contributed by atoms with Gasteiger partial charge in [-0.25, -0.2) is 0 Å². The highest BCUT2D eigenvalue weighted by Crippen LogP contribution is 2.25. The van der Waals surface area contributed by atoms with E-state index in [2.05, 4.69) is 38.2 Å². The molecule has 2 nitrogen and oxygen atoms in total. The summed E-state index contributed by atoms with van der Waals surface area (Å²) < 4.78 is 5.43. The van der Waals surface area contributed by atoms with Crippen molar-refractivity contribution in [1.29, 1.82) is 0 Å². The molecule has 0 aromatic heterocycles. The standard InChI is InChI=1S/C18H31NO/c1-5-6-7-8-9-12-15(2)19-16(3)17-13-10-11-14-18(17)20-4/h10-11,13-16,19H,5-9,12H2,1-4H3/t15?,16-/m1/s1. The predicted octanol–water partition coefficient (Wildman–Crippen LogP) is 5.09. The summed E-state index contributed by atoms with van der Waals surface area (Å²) in [5.41, 5.74) is 1.24. The van der Waals surface area contributed by atoms with E-state index in [9.17, 15) is 0 Å². The fourth-order valence-electron chi connectivity index (χ4n) is 2.68. The van der Waals surface area contributed by atoms with Crippen molar-refractivity contribution in [1.82, 2.24) is 5.32 Å². The molecule has 0 fully saturated rings. The number of hydrogen-bond acceptors (Lipinski definition) is 2. The molecule has 0 saturated carbocycles. The number of rotatable bonds is 10. The zero-order valence-corrected chi connectivity index (χ0v) is 13.6. The van der Waals surface area contributed by atoms with E-state index in [1.165, 1.54) is 44.1 Å². The van der Waals surface area contributed by atoms with Gasteiger partial charge < -0.3 is 10.1 Å². The molecule has 114 valence electrons. The lowest BCUT2D eigenvalue weighted by Crippen LogP contribution is -2.29. The molecule has 2 heteroatoms. The average molecular weight is 277 g/mol. The van der Waals surface area contributed by atoms with Gasteiger partial charge in [0.2, 0.25) is 0 Å². The highest BCUT2D eigenvalue weighted by Gasteiger charge is 2.12. The summed E-state index contributed by atoms with van der Waals surface area (Å²) in [6, 6.07) is 9.15. The van der Waals surface area contributed by atoms with Crippen molar-refractivity contribution < 1.29 is 4.74 Å². The van der Waals surface area contributed by atoms with Crippen molar-refractivity contribution in [3.63, 3.8) is 0 Å². The minimum Gasteiger partial charge on any atom is -0.496 e. The van der Waals surface area contributed by atoms with Crippen molar-refractivity contribution >= 4 is 0 Å². The molecule has 0 aliphatic heterocycles. The van der Waals surface area contributed by atoms with E-state index < -0.39 is 0 Å². The van der Waals surface area contributed by atoms with Crippen LogP contribution in [0.3, 0.4) is 0 Å². The summed E-state index contributed by atoms with van der Waals surface area (Å²) >= 11 is 0. The first kappa shape index (κ1) is 17.0. The molecule has 0 amide bonds. The number of ether oxygens (including phenoxy) is 1. The van der Waals surface area contributed by atoms with E-state index in [1.807, 2.05) is 12.1 Å². The molecule has 0 saturated heterocycles. The molecule has 2 atom stereocenters. The second kappa shape index (κ2) is 9.82. The Hall–Kier alpha value is -1.02. The quantitative estimate of drug-likeness (QED) is 0.601. The third-order valence-electron chi connectivity index (χ3n) is 3.88. The normalized spacial score (nSPS) is 14.0. The number of benzene rings is 1. The summed E-state index contributed by atoms with van der Waals surface area (Å²) in [6.07, 6.45) is 8.02. The van der Waals surface area contributed by atoms with Gasteiger partial charge in [-0.1, -0.05) is 57.2 Å². The largest absolute Gasteiger partial charge is 0.496 e. The maximum absolute atomic E-state index is 5.43. The Kier molecular flexibility index (Phi) is 8.36. The molecule has 1 N–H and O–H groups in total. The molecule has 0 spiro atoms. The molecule has 1 aromatic carbocycles. The van der Waals surface area contributed by atoms with Crippen LogP contribution in [0.5, 0.6) is 5.75 Å². The predicted molar refractivity (Wildman–Crippen MR) is 87.4 cm³/mol. The van der Waals surface area contributed by atoms with Gasteiger partial charge in [0.05, 0.1) is 7.11 Å². The van der Waals surface area contributed by atoms with Crippen molar-refractivity contribution in [2.24, 2.45) is 0 Å². The lowest BCUT2D eigenvalue weighted by Gasteiger charge is -2.22. The topological polar surface area (TPSA) is 21.3 Å². The lowest BCUT2D eigenvalue weighted by molar-refractivity contribution is 0.389. The van der Waals surface area contributed by atoms with Gasteiger partial charge in [0, 0.05) is 17.6 Å². The van der Waals surface area contributed by atoms with Gasteiger partial charge in [0.25, 0.3) is 0 Å². The molecular formula is C18H31NO. The summed E-state index contributed by atoms with van der Waals surface area (Å²) in [6.45, 7) is 6.76. The summed E-state index contributed by atoms with van der Waals surface area (Å²) in [7, 11) is 1.74. The van der Waals surface area contributed by atoms with E-state index >= 15 is 0 Å². The Morgan fingerprint density at radius 3 is 2.45 bits per heavy atom. The molecule has 1 rings (SSSR count). The maximum atomic E-state index is 5.43. The van der Waals surface area contributed by atoms with Crippen LogP contribution in [0.4, 0.5) is 0 Å². The number of hydrogen-bond donors (Lipinski definition) is 1. The zero-order valence-electron chi connectivity index (χ0n) is 13.6. The van der Waals surface area contributed by atoms with Gasteiger partial charge in [-0.05, 0) is 26.3 Å². The molecule has 0 bridgehead atoms.